The number of carbonyl (C=O) groups excluding carboxylic acids is 1. The zero-order chi connectivity index (χ0) is 18.7. The second kappa shape index (κ2) is 7.96. The van der Waals surface area contributed by atoms with Crippen LogP contribution in [0.15, 0.2) is 36.4 Å². The van der Waals surface area contributed by atoms with Gasteiger partial charge in [0.15, 0.2) is 0 Å². The smallest absolute Gasteiger partial charge is 0.227 e. The Labute approximate surface area is 157 Å². The average molecular weight is 378 g/mol. The molecule has 2 aromatic carbocycles. The first-order chi connectivity index (χ1) is 12.5. The van der Waals surface area contributed by atoms with E-state index in [1.807, 2.05) is 18.2 Å². The fraction of sp³-hybridized carbons (Fsp3) is 0.350. The van der Waals surface area contributed by atoms with Gasteiger partial charge in [-0.2, -0.15) is 0 Å². The zero-order valence-electron chi connectivity index (χ0n) is 14.8. The lowest BCUT2D eigenvalue weighted by Gasteiger charge is -2.24. The maximum absolute atomic E-state index is 14.0. The van der Waals surface area contributed by atoms with Crippen LogP contribution in [0.1, 0.15) is 24.0 Å². The number of methoxy groups -OCH3 is 2. The normalized spacial score (nSPS) is 13.4. The summed E-state index contributed by atoms with van der Waals surface area (Å²) in [4.78, 5) is 14.7. The third kappa shape index (κ3) is 4.10. The molecule has 3 rings (SSSR count). The minimum absolute atomic E-state index is 0.0612. The standard InChI is InChI=1S/C20H21ClFNO3/c1-25-15-8-9-19(26-2)13(10-15)12-23(14-6-7-14)20(24)11-16-17(21)4-3-5-18(16)22/h3-5,8-10,14H,6-7,11-12H2,1-2H3. The molecule has 6 heteroatoms. The average Bonchev–Trinajstić information content (AvgIpc) is 3.47. The molecule has 1 aliphatic carbocycles. The van der Waals surface area contributed by atoms with Crippen molar-refractivity contribution in [1.29, 1.82) is 0 Å². The van der Waals surface area contributed by atoms with Crippen LogP contribution in [0.5, 0.6) is 11.5 Å². The fourth-order valence-electron chi connectivity index (χ4n) is 2.95. The molecule has 0 unspecified atom stereocenters. The summed E-state index contributed by atoms with van der Waals surface area (Å²) < 4.78 is 24.7. The summed E-state index contributed by atoms with van der Waals surface area (Å²) in [7, 11) is 3.18. The highest BCUT2D eigenvalue weighted by Crippen LogP contribution is 2.33. The topological polar surface area (TPSA) is 38.8 Å². The molecule has 2 aromatic rings. The molecule has 1 amide bonds. The molecular formula is C20H21ClFNO3. The quantitative estimate of drug-likeness (QED) is 0.724. The highest BCUT2D eigenvalue weighted by Gasteiger charge is 2.33. The van der Waals surface area contributed by atoms with Gasteiger partial charge < -0.3 is 14.4 Å². The van der Waals surface area contributed by atoms with Crippen molar-refractivity contribution in [3.63, 3.8) is 0 Å². The van der Waals surface area contributed by atoms with E-state index in [-0.39, 0.29) is 29.0 Å². The van der Waals surface area contributed by atoms with Crippen molar-refractivity contribution in [2.75, 3.05) is 14.2 Å². The Hall–Kier alpha value is -2.27. The molecule has 0 aromatic heterocycles. The molecule has 0 saturated heterocycles. The lowest BCUT2D eigenvalue weighted by atomic mass is 10.1. The minimum atomic E-state index is -0.458. The molecule has 1 fully saturated rings. The van der Waals surface area contributed by atoms with Gasteiger partial charge in [-0.1, -0.05) is 17.7 Å². The van der Waals surface area contributed by atoms with Crippen LogP contribution in [0.4, 0.5) is 4.39 Å². The fourth-order valence-corrected chi connectivity index (χ4v) is 3.18. The van der Waals surface area contributed by atoms with Crippen molar-refractivity contribution >= 4 is 17.5 Å². The van der Waals surface area contributed by atoms with Gasteiger partial charge in [0.1, 0.15) is 17.3 Å². The number of ether oxygens (including phenoxy) is 2. The van der Waals surface area contributed by atoms with Gasteiger partial charge in [-0.25, -0.2) is 4.39 Å². The first-order valence-electron chi connectivity index (χ1n) is 8.46. The molecule has 0 N–H and O–H groups in total. The third-order valence-electron chi connectivity index (χ3n) is 4.53. The van der Waals surface area contributed by atoms with E-state index in [0.717, 1.165) is 18.4 Å². The summed E-state index contributed by atoms with van der Waals surface area (Å²) in [6.07, 6.45) is 1.83. The van der Waals surface area contributed by atoms with Crippen molar-refractivity contribution in [2.45, 2.75) is 31.8 Å². The molecule has 0 heterocycles. The number of carbonyl (C=O) groups is 1. The summed E-state index contributed by atoms with van der Waals surface area (Å²) in [6, 6.07) is 10.1. The number of amides is 1. The lowest BCUT2D eigenvalue weighted by Crippen LogP contribution is -2.34. The third-order valence-corrected chi connectivity index (χ3v) is 4.88. The molecule has 0 aliphatic heterocycles. The van der Waals surface area contributed by atoms with E-state index < -0.39 is 5.82 Å². The van der Waals surface area contributed by atoms with Crippen molar-refractivity contribution in [2.24, 2.45) is 0 Å². The monoisotopic (exact) mass is 377 g/mol. The van der Waals surface area contributed by atoms with Crippen molar-refractivity contribution in [3.05, 3.63) is 58.4 Å². The largest absolute Gasteiger partial charge is 0.497 e. The van der Waals surface area contributed by atoms with E-state index >= 15 is 0 Å². The summed E-state index contributed by atoms with van der Waals surface area (Å²) >= 11 is 6.07. The highest BCUT2D eigenvalue weighted by molar-refractivity contribution is 6.31. The maximum Gasteiger partial charge on any atom is 0.227 e. The molecule has 0 radical (unpaired) electrons. The van der Waals surface area contributed by atoms with Gasteiger partial charge in [0.05, 0.1) is 20.6 Å². The van der Waals surface area contributed by atoms with E-state index in [1.165, 1.54) is 12.1 Å². The van der Waals surface area contributed by atoms with Crippen LogP contribution in [0.3, 0.4) is 0 Å². The Bertz CT molecular complexity index is 787. The van der Waals surface area contributed by atoms with Crippen molar-refractivity contribution in [3.8, 4) is 11.5 Å². The van der Waals surface area contributed by atoms with Crippen LogP contribution < -0.4 is 9.47 Å². The van der Waals surface area contributed by atoms with Gasteiger partial charge in [-0.3, -0.25) is 4.79 Å². The van der Waals surface area contributed by atoms with Crippen molar-refractivity contribution in [1.82, 2.24) is 4.90 Å². The van der Waals surface area contributed by atoms with Gasteiger partial charge in [0.25, 0.3) is 0 Å². The molecule has 4 nitrogen and oxygen atoms in total. The molecule has 0 atom stereocenters. The second-order valence-corrected chi connectivity index (χ2v) is 6.71. The summed E-state index contributed by atoms with van der Waals surface area (Å²) in [5.41, 5.74) is 1.09. The van der Waals surface area contributed by atoms with Crippen LogP contribution >= 0.6 is 11.6 Å². The zero-order valence-corrected chi connectivity index (χ0v) is 15.6. The van der Waals surface area contributed by atoms with Crippen LogP contribution in [-0.2, 0) is 17.8 Å². The van der Waals surface area contributed by atoms with E-state index in [4.69, 9.17) is 21.1 Å². The number of halogens is 2. The van der Waals surface area contributed by atoms with Gasteiger partial charge >= 0.3 is 0 Å². The van der Waals surface area contributed by atoms with Crippen LogP contribution in [0, 0.1) is 5.82 Å². The predicted octanol–water partition coefficient (Wildman–Crippen LogP) is 4.23. The predicted molar refractivity (Wildman–Crippen MR) is 98.2 cm³/mol. The molecule has 1 aliphatic rings. The number of hydrogen-bond donors (Lipinski definition) is 0. The number of nitrogens with zero attached hydrogens (tertiary/aromatic N) is 1. The molecule has 1 saturated carbocycles. The lowest BCUT2D eigenvalue weighted by molar-refractivity contribution is -0.131. The minimum Gasteiger partial charge on any atom is -0.497 e. The van der Waals surface area contributed by atoms with Gasteiger partial charge in [0, 0.05) is 28.7 Å². The number of benzene rings is 2. The van der Waals surface area contributed by atoms with E-state index in [9.17, 15) is 9.18 Å². The second-order valence-electron chi connectivity index (χ2n) is 6.31. The maximum atomic E-state index is 14.0. The van der Waals surface area contributed by atoms with Crippen LogP contribution in [-0.4, -0.2) is 31.1 Å². The van der Waals surface area contributed by atoms with Crippen LogP contribution in [0.2, 0.25) is 5.02 Å². The van der Waals surface area contributed by atoms with Gasteiger partial charge in [-0.15, -0.1) is 0 Å². The first-order valence-corrected chi connectivity index (χ1v) is 8.84. The molecule has 26 heavy (non-hydrogen) atoms. The van der Waals surface area contributed by atoms with E-state index in [1.54, 1.807) is 25.2 Å². The first kappa shape index (κ1) is 18.5. The summed E-state index contributed by atoms with van der Waals surface area (Å²) in [5.74, 6) is 0.777. The number of rotatable bonds is 7. The Kier molecular flexibility index (Phi) is 5.67. The molecule has 138 valence electrons. The SMILES string of the molecule is COc1ccc(OC)c(CN(C(=O)Cc2c(F)cccc2Cl)C2CC2)c1. The van der Waals surface area contributed by atoms with Gasteiger partial charge in [-0.05, 0) is 43.2 Å². The van der Waals surface area contributed by atoms with Gasteiger partial charge in [0.2, 0.25) is 5.91 Å². The summed E-state index contributed by atoms with van der Waals surface area (Å²) in [5, 5.41) is 0.271. The van der Waals surface area contributed by atoms with E-state index in [2.05, 4.69) is 0 Å². The van der Waals surface area contributed by atoms with E-state index in [0.29, 0.717) is 18.0 Å². The molecule has 0 spiro atoms. The number of hydrogen-bond acceptors (Lipinski definition) is 3. The van der Waals surface area contributed by atoms with Crippen molar-refractivity contribution < 1.29 is 18.7 Å². The highest BCUT2D eigenvalue weighted by atomic mass is 35.5. The molecule has 0 bridgehead atoms. The Balaban J connectivity index is 1.83. The Morgan fingerprint density at radius 2 is 2.00 bits per heavy atom. The Morgan fingerprint density at radius 3 is 2.62 bits per heavy atom. The Morgan fingerprint density at radius 1 is 1.23 bits per heavy atom. The van der Waals surface area contributed by atoms with Crippen LogP contribution in [0.25, 0.3) is 0 Å². The molecular weight excluding hydrogens is 357 g/mol. The summed E-state index contributed by atoms with van der Waals surface area (Å²) in [6.45, 7) is 0.385.